The van der Waals surface area contributed by atoms with Gasteiger partial charge in [-0.3, -0.25) is 4.57 Å². The highest BCUT2D eigenvalue weighted by Crippen LogP contribution is 2.57. The Kier molecular flexibility index (Phi) is 1.89. The highest BCUT2D eigenvalue weighted by atomic mass is 15.3. The van der Waals surface area contributed by atoms with Crippen molar-refractivity contribution in [3.8, 4) is 5.69 Å². The first kappa shape index (κ1) is 9.40. The summed E-state index contributed by atoms with van der Waals surface area (Å²) in [6.45, 7) is 0. The molecule has 2 aliphatic carbocycles. The van der Waals surface area contributed by atoms with Gasteiger partial charge in [-0.2, -0.15) is 0 Å². The summed E-state index contributed by atoms with van der Waals surface area (Å²) in [6.07, 6.45) is 5.93. The van der Waals surface area contributed by atoms with Crippen LogP contribution < -0.4 is 0 Å². The van der Waals surface area contributed by atoms with Gasteiger partial charge < -0.3 is 0 Å². The van der Waals surface area contributed by atoms with E-state index in [9.17, 15) is 0 Å². The highest BCUT2D eigenvalue weighted by molar-refractivity contribution is 5.33. The molecular formula is C14H15N3. The number of aromatic nitrogens is 3. The molecule has 2 aliphatic rings. The van der Waals surface area contributed by atoms with E-state index in [0.717, 1.165) is 17.7 Å². The van der Waals surface area contributed by atoms with Crippen molar-refractivity contribution in [2.24, 2.45) is 11.8 Å². The van der Waals surface area contributed by atoms with E-state index >= 15 is 0 Å². The summed E-state index contributed by atoms with van der Waals surface area (Å²) in [6, 6.07) is 10.4. The molecule has 0 aliphatic heterocycles. The molecule has 0 bridgehead atoms. The number of hydrogen-bond acceptors (Lipinski definition) is 2. The summed E-state index contributed by atoms with van der Waals surface area (Å²) in [4.78, 5) is 0. The number of benzene rings is 1. The van der Waals surface area contributed by atoms with Gasteiger partial charge >= 0.3 is 0 Å². The van der Waals surface area contributed by atoms with E-state index in [4.69, 9.17) is 0 Å². The first-order chi connectivity index (χ1) is 8.42. The lowest BCUT2D eigenvalue weighted by Crippen LogP contribution is -2.06. The molecule has 0 saturated heterocycles. The van der Waals surface area contributed by atoms with Crippen LogP contribution in [0.3, 0.4) is 0 Å². The molecule has 0 amide bonds. The van der Waals surface area contributed by atoms with Gasteiger partial charge in [-0.25, -0.2) is 0 Å². The van der Waals surface area contributed by atoms with Crippen molar-refractivity contribution in [2.75, 3.05) is 0 Å². The number of nitrogens with zero attached hydrogens (tertiary/aromatic N) is 3. The first-order valence-corrected chi connectivity index (χ1v) is 6.37. The van der Waals surface area contributed by atoms with Crippen molar-refractivity contribution in [1.29, 1.82) is 0 Å². The summed E-state index contributed by atoms with van der Waals surface area (Å²) in [5.41, 5.74) is 1.17. The molecule has 0 N–H and O–H groups in total. The van der Waals surface area contributed by atoms with E-state index in [1.54, 1.807) is 0 Å². The molecule has 2 fully saturated rings. The van der Waals surface area contributed by atoms with Crippen LogP contribution in [0.2, 0.25) is 0 Å². The van der Waals surface area contributed by atoms with Crippen LogP contribution in [0.5, 0.6) is 0 Å². The molecule has 2 atom stereocenters. The zero-order valence-electron chi connectivity index (χ0n) is 9.66. The third-order valence-electron chi connectivity index (χ3n) is 4.22. The van der Waals surface area contributed by atoms with Crippen molar-refractivity contribution in [3.05, 3.63) is 42.5 Å². The zero-order valence-corrected chi connectivity index (χ0v) is 9.66. The van der Waals surface area contributed by atoms with Crippen LogP contribution in [0.4, 0.5) is 0 Å². The van der Waals surface area contributed by atoms with Gasteiger partial charge in [0, 0.05) is 11.6 Å². The predicted molar refractivity (Wildman–Crippen MR) is 64.9 cm³/mol. The molecule has 0 spiro atoms. The average molecular weight is 225 g/mol. The summed E-state index contributed by atoms with van der Waals surface area (Å²) < 4.78 is 2.15. The fourth-order valence-corrected chi connectivity index (χ4v) is 3.24. The van der Waals surface area contributed by atoms with Crippen LogP contribution in [0.1, 0.15) is 31.0 Å². The third-order valence-corrected chi connectivity index (χ3v) is 4.22. The topological polar surface area (TPSA) is 30.7 Å². The maximum Gasteiger partial charge on any atom is 0.140 e. The van der Waals surface area contributed by atoms with Gasteiger partial charge in [0.2, 0.25) is 0 Å². The highest BCUT2D eigenvalue weighted by Gasteiger charge is 2.47. The third kappa shape index (κ3) is 1.49. The Morgan fingerprint density at radius 2 is 1.76 bits per heavy atom. The number of hydrogen-bond donors (Lipinski definition) is 0. The lowest BCUT2D eigenvalue weighted by atomic mass is 10.0. The molecule has 2 aromatic rings. The molecule has 2 saturated carbocycles. The van der Waals surface area contributed by atoms with Crippen molar-refractivity contribution in [1.82, 2.24) is 14.8 Å². The summed E-state index contributed by atoms with van der Waals surface area (Å²) >= 11 is 0. The van der Waals surface area contributed by atoms with E-state index in [2.05, 4.69) is 39.0 Å². The molecule has 1 heterocycles. The maximum atomic E-state index is 4.34. The van der Waals surface area contributed by atoms with Gasteiger partial charge in [-0.15, -0.1) is 10.2 Å². The second kappa shape index (κ2) is 3.42. The molecule has 86 valence electrons. The molecule has 17 heavy (non-hydrogen) atoms. The van der Waals surface area contributed by atoms with Crippen LogP contribution >= 0.6 is 0 Å². The number of rotatable bonds is 2. The van der Waals surface area contributed by atoms with Crippen molar-refractivity contribution < 1.29 is 0 Å². The van der Waals surface area contributed by atoms with Crippen molar-refractivity contribution >= 4 is 0 Å². The van der Waals surface area contributed by atoms with Crippen molar-refractivity contribution in [3.63, 3.8) is 0 Å². The van der Waals surface area contributed by atoms with Gasteiger partial charge in [0.05, 0.1) is 0 Å². The normalized spacial score (nSPS) is 30.2. The minimum absolute atomic E-state index is 0.626. The second-order valence-corrected chi connectivity index (χ2v) is 5.32. The fourth-order valence-electron chi connectivity index (χ4n) is 3.24. The fraction of sp³-hybridized carbons (Fsp3) is 0.429. The molecule has 1 aromatic heterocycles. The van der Waals surface area contributed by atoms with E-state index < -0.39 is 0 Å². The predicted octanol–water partition coefficient (Wildman–Crippen LogP) is 2.78. The Hall–Kier alpha value is -1.64. The largest absolute Gasteiger partial charge is 0.285 e. The number of fused-ring (bicyclic) bond motifs is 1. The van der Waals surface area contributed by atoms with Crippen LogP contribution in [0.25, 0.3) is 5.69 Å². The minimum atomic E-state index is 0.626. The SMILES string of the molecule is c1ccc(-n2cnnc2C2CC3CC3C2)cc1. The van der Waals surface area contributed by atoms with E-state index in [0.29, 0.717) is 5.92 Å². The minimum Gasteiger partial charge on any atom is -0.285 e. The van der Waals surface area contributed by atoms with Gasteiger partial charge in [-0.05, 0) is 43.2 Å². The number of para-hydroxylation sites is 1. The Labute approximate surface area is 100 Å². The monoisotopic (exact) mass is 225 g/mol. The molecule has 2 unspecified atom stereocenters. The molecule has 4 rings (SSSR count). The Morgan fingerprint density at radius 1 is 1.00 bits per heavy atom. The Balaban J connectivity index is 1.70. The quantitative estimate of drug-likeness (QED) is 0.786. The molecule has 1 aromatic carbocycles. The summed E-state index contributed by atoms with van der Waals surface area (Å²) in [5, 5.41) is 8.44. The van der Waals surface area contributed by atoms with Crippen LogP contribution in [0, 0.1) is 11.8 Å². The smallest absolute Gasteiger partial charge is 0.140 e. The second-order valence-electron chi connectivity index (χ2n) is 5.32. The van der Waals surface area contributed by atoms with Crippen LogP contribution in [-0.4, -0.2) is 14.8 Å². The molecule has 0 radical (unpaired) electrons. The first-order valence-electron chi connectivity index (χ1n) is 6.37. The summed E-state index contributed by atoms with van der Waals surface area (Å²) in [5.74, 6) is 3.76. The summed E-state index contributed by atoms with van der Waals surface area (Å²) in [7, 11) is 0. The van der Waals surface area contributed by atoms with Crippen molar-refractivity contribution in [2.45, 2.75) is 25.2 Å². The lowest BCUT2D eigenvalue weighted by molar-refractivity contribution is 0.579. The Bertz CT molecular complexity index is 521. The van der Waals surface area contributed by atoms with Crippen LogP contribution in [-0.2, 0) is 0 Å². The van der Waals surface area contributed by atoms with Gasteiger partial charge in [0.1, 0.15) is 12.2 Å². The zero-order chi connectivity index (χ0) is 11.2. The van der Waals surface area contributed by atoms with Crippen LogP contribution in [0.15, 0.2) is 36.7 Å². The standard InChI is InChI=1S/C14H15N3/c1-2-4-13(5-3-1)17-9-15-16-14(17)12-7-10-6-11(10)8-12/h1-5,9-12H,6-8H2. The maximum absolute atomic E-state index is 4.34. The Morgan fingerprint density at radius 3 is 2.53 bits per heavy atom. The van der Waals surface area contributed by atoms with E-state index in [1.807, 2.05) is 12.4 Å². The molecule has 3 nitrogen and oxygen atoms in total. The van der Waals surface area contributed by atoms with Gasteiger partial charge in [-0.1, -0.05) is 18.2 Å². The van der Waals surface area contributed by atoms with Gasteiger partial charge in [0.15, 0.2) is 0 Å². The lowest BCUT2D eigenvalue weighted by Gasteiger charge is -2.12. The molecular weight excluding hydrogens is 210 g/mol. The van der Waals surface area contributed by atoms with Gasteiger partial charge in [0.25, 0.3) is 0 Å². The van der Waals surface area contributed by atoms with E-state index in [1.165, 1.54) is 24.9 Å². The average Bonchev–Trinajstić information content (AvgIpc) is 2.84. The van der Waals surface area contributed by atoms with E-state index in [-0.39, 0.29) is 0 Å². The molecule has 3 heteroatoms.